The average molecular weight is 489 g/mol. The molecule has 0 spiro atoms. The first-order valence-corrected chi connectivity index (χ1v) is 12.7. The van der Waals surface area contributed by atoms with E-state index in [2.05, 4.69) is 51.3 Å². The molecule has 3 aromatic rings. The summed E-state index contributed by atoms with van der Waals surface area (Å²) in [5.41, 5.74) is 3.88. The van der Waals surface area contributed by atoms with Gasteiger partial charge in [-0.2, -0.15) is 0 Å². The zero-order chi connectivity index (χ0) is 25.2. The predicted octanol–water partition coefficient (Wildman–Crippen LogP) is 4.13. The summed E-state index contributed by atoms with van der Waals surface area (Å²) < 4.78 is 11.7. The van der Waals surface area contributed by atoms with Crippen molar-refractivity contribution in [3.63, 3.8) is 0 Å². The number of pyridine rings is 1. The van der Waals surface area contributed by atoms with Crippen molar-refractivity contribution < 1.29 is 14.3 Å². The minimum absolute atomic E-state index is 0.146. The zero-order valence-corrected chi connectivity index (χ0v) is 21.3. The number of amides is 1. The Balaban J connectivity index is 1.29. The fraction of sp³-hybridized carbons (Fsp3) is 0.379. The molecule has 2 aromatic carbocycles. The van der Waals surface area contributed by atoms with Crippen LogP contribution in [0.4, 0.5) is 0 Å². The van der Waals surface area contributed by atoms with Crippen LogP contribution in [0.3, 0.4) is 0 Å². The molecular formula is C29H36N4O3. The summed E-state index contributed by atoms with van der Waals surface area (Å²) in [5, 5.41) is 3.01. The molecule has 1 N–H and O–H groups in total. The number of hydrogen-bond acceptors (Lipinski definition) is 6. The van der Waals surface area contributed by atoms with Gasteiger partial charge in [0.05, 0.1) is 6.61 Å². The molecule has 0 aliphatic carbocycles. The minimum Gasteiger partial charge on any atom is -0.490 e. The largest absolute Gasteiger partial charge is 0.490 e. The monoisotopic (exact) mass is 488 g/mol. The molecule has 190 valence electrons. The van der Waals surface area contributed by atoms with E-state index in [1.54, 1.807) is 30.6 Å². The van der Waals surface area contributed by atoms with E-state index in [9.17, 15) is 4.79 Å². The zero-order valence-electron chi connectivity index (χ0n) is 21.3. The maximum atomic E-state index is 12.8. The highest BCUT2D eigenvalue weighted by Crippen LogP contribution is 2.29. The van der Waals surface area contributed by atoms with Crippen LogP contribution in [0.15, 0.2) is 67.0 Å². The van der Waals surface area contributed by atoms with E-state index in [0.717, 1.165) is 50.4 Å². The highest BCUT2D eigenvalue weighted by molar-refractivity contribution is 5.94. The molecule has 1 fully saturated rings. The lowest BCUT2D eigenvalue weighted by Crippen LogP contribution is -2.45. The predicted molar refractivity (Wildman–Crippen MR) is 141 cm³/mol. The lowest BCUT2D eigenvalue weighted by atomic mass is 10.1. The lowest BCUT2D eigenvalue weighted by Gasteiger charge is -2.34. The molecule has 7 heteroatoms. The van der Waals surface area contributed by atoms with Crippen LogP contribution in [0.1, 0.15) is 40.9 Å². The number of rotatable bonds is 11. The van der Waals surface area contributed by atoms with Crippen LogP contribution in [0.2, 0.25) is 0 Å². The highest BCUT2D eigenvalue weighted by atomic mass is 16.5. The van der Waals surface area contributed by atoms with E-state index in [4.69, 9.17) is 9.47 Å². The first-order chi connectivity index (χ1) is 17.6. The quantitative estimate of drug-likeness (QED) is 0.438. The van der Waals surface area contributed by atoms with E-state index in [0.29, 0.717) is 36.8 Å². The summed E-state index contributed by atoms with van der Waals surface area (Å²) in [4.78, 5) is 21.9. The van der Waals surface area contributed by atoms with Crippen LogP contribution in [-0.2, 0) is 19.7 Å². The van der Waals surface area contributed by atoms with E-state index >= 15 is 0 Å². The summed E-state index contributed by atoms with van der Waals surface area (Å²) in [6.45, 7) is 12.1. The smallest absolute Gasteiger partial charge is 0.251 e. The molecule has 2 heterocycles. The number of hydrogen-bond donors (Lipinski definition) is 1. The molecule has 1 aromatic heterocycles. The number of likely N-dealkylation sites (N-methyl/N-ethyl adjacent to an activating group) is 1. The van der Waals surface area contributed by atoms with Crippen molar-refractivity contribution in [3.8, 4) is 11.5 Å². The Morgan fingerprint density at radius 1 is 0.889 bits per heavy atom. The van der Waals surface area contributed by atoms with Crippen LogP contribution in [0, 0.1) is 0 Å². The molecule has 1 aliphatic rings. The van der Waals surface area contributed by atoms with Crippen molar-refractivity contribution in [2.75, 3.05) is 39.3 Å². The molecule has 1 amide bonds. The van der Waals surface area contributed by atoms with Crippen molar-refractivity contribution in [2.45, 2.75) is 33.5 Å². The number of nitrogens with one attached hydrogen (secondary N) is 1. The third-order valence-electron chi connectivity index (χ3n) is 6.42. The van der Waals surface area contributed by atoms with Gasteiger partial charge in [-0.25, -0.2) is 0 Å². The molecule has 0 saturated carbocycles. The molecule has 0 radical (unpaired) electrons. The maximum Gasteiger partial charge on any atom is 0.251 e. The number of benzene rings is 2. The van der Waals surface area contributed by atoms with Crippen molar-refractivity contribution in [1.29, 1.82) is 0 Å². The minimum atomic E-state index is -0.146. The van der Waals surface area contributed by atoms with Gasteiger partial charge in [-0.05, 0) is 48.9 Å². The number of carbonyl (C=O) groups is 1. The summed E-state index contributed by atoms with van der Waals surface area (Å²) >= 11 is 0. The van der Waals surface area contributed by atoms with Crippen molar-refractivity contribution >= 4 is 5.91 Å². The Bertz CT molecular complexity index is 1100. The van der Waals surface area contributed by atoms with E-state index in [1.807, 2.05) is 19.1 Å². The summed E-state index contributed by atoms with van der Waals surface area (Å²) in [5.74, 6) is 1.01. The number of carbonyl (C=O) groups excluding carboxylic acids is 1. The van der Waals surface area contributed by atoms with Crippen LogP contribution >= 0.6 is 0 Å². The summed E-state index contributed by atoms with van der Waals surface area (Å²) in [6, 6.07) is 17.6. The van der Waals surface area contributed by atoms with Gasteiger partial charge in [0, 0.05) is 62.8 Å². The Morgan fingerprint density at radius 3 is 2.33 bits per heavy atom. The molecule has 0 bridgehead atoms. The third-order valence-corrected chi connectivity index (χ3v) is 6.42. The molecule has 1 saturated heterocycles. The molecule has 36 heavy (non-hydrogen) atoms. The summed E-state index contributed by atoms with van der Waals surface area (Å²) in [7, 11) is 0. The molecule has 1 aliphatic heterocycles. The topological polar surface area (TPSA) is 66.9 Å². The second kappa shape index (κ2) is 13.0. The maximum absolute atomic E-state index is 12.8. The number of nitrogens with zero attached hydrogens (tertiary/aromatic N) is 3. The second-order valence-corrected chi connectivity index (χ2v) is 8.95. The van der Waals surface area contributed by atoms with Crippen LogP contribution < -0.4 is 14.8 Å². The van der Waals surface area contributed by atoms with Gasteiger partial charge in [0.25, 0.3) is 5.91 Å². The Morgan fingerprint density at radius 2 is 1.64 bits per heavy atom. The Hall–Kier alpha value is -3.42. The van der Waals surface area contributed by atoms with Gasteiger partial charge in [-0.3, -0.25) is 14.7 Å². The SMILES string of the molecule is CCOc1cc(C(=O)NCc2ccc(CN3CCN(CC)CC3)cc2)ccc1OCc1cccnc1. The molecular weight excluding hydrogens is 452 g/mol. The van der Waals surface area contributed by atoms with E-state index < -0.39 is 0 Å². The van der Waals surface area contributed by atoms with Crippen molar-refractivity contribution in [1.82, 2.24) is 20.1 Å². The molecule has 7 nitrogen and oxygen atoms in total. The van der Waals surface area contributed by atoms with Gasteiger partial charge in [0.15, 0.2) is 11.5 Å². The van der Waals surface area contributed by atoms with Gasteiger partial charge in [-0.15, -0.1) is 0 Å². The molecule has 0 unspecified atom stereocenters. The lowest BCUT2D eigenvalue weighted by molar-refractivity contribution is 0.0950. The van der Waals surface area contributed by atoms with E-state index in [1.165, 1.54) is 5.56 Å². The number of aromatic nitrogens is 1. The molecule has 4 rings (SSSR count). The second-order valence-electron chi connectivity index (χ2n) is 8.95. The fourth-order valence-corrected chi connectivity index (χ4v) is 4.25. The Labute approximate surface area is 214 Å². The number of piperazine rings is 1. The third kappa shape index (κ3) is 7.29. The normalized spacial score (nSPS) is 14.4. The number of ether oxygens (including phenoxy) is 2. The Kier molecular flexibility index (Phi) is 9.30. The summed E-state index contributed by atoms with van der Waals surface area (Å²) in [6.07, 6.45) is 3.49. The van der Waals surface area contributed by atoms with Gasteiger partial charge in [0.1, 0.15) is 6.61 Å². The fourth-order valence-electron chi connectivity index (χ4n) is 4.25. The van der Waals surface area contributed by atoms with Crippen molar-refractivity contribution in [2.24, 2.45) is 0 Å². The van der Waals surface area contributed by atoms with E-state index in [-0.39, 0.29) is 5.91 Å². The van der Waals surface area contributed by atoms with Crippen LogP contribution in [-0.4, -0.2) is 60.0 Å². The first kappa shape index (κ1) is 25.7. The van der Waals surface area contributed by atoms with Gasteiger partial charge in [-0.1, -0.05) is 37.3 Å². The average Bonchev–Trinajstić information content (AvgIpc) is 2.93. The van der Waals surface area contributed by atoms with Crippen molar-refractivity contribution in [3.05, 3.63) is 89.2 Å². The standard InChI is InChI=1S/C29H36N4O3/c1-3-32-14-16-33(17-15-32)21-24-9-7-23(8-10-24)20-31-29(34)26-11-12-27(28(18-26)35-4-2)36-22-25-6-5-13-30-19-25/h5-13,18-19H,3-4,14-17,20-22H2,1-2H3,(H,31,34). The van der Waals surface area contributed by atoms with Gasteiger partial charge in [0.2, 0.25) is 0 Å². The van der Waals surface area contributed by atoms with Gasteiger partial charge < -0.3 is 19.7 Å². The van der Waals surface area contributed by atoms with Crippen LogP contribution in [0.5, 0.6) is 11.5 Å². The highest BCUT2D eigenvalue weighted by Gasteiger charge is 2.16. The first-order valence-electron chi connectivity index (χ1n) is 12.7. The molecule has 0 atom stereocenters. The van der Waals surface area contributed by atoms with Crippen LogP contribution in [0.25, 0.3) is 0 Å². The van der Waals surface area contributed by atoms with Gasteiger partial charge >= 0.3 is 0 Å².